The third-order valence-electron chi connectivity index (χ3n) is 5.12. The van der Waals surface area contributed by atoms with Gasteiger partial charge in [0.25, 0.3) is 0 Å². The molecule has 0 amide bonds. The predicted octanol–water partition coefficient (Wildman–Crippen LogP) is 5.04. The smallest absolute Gasteiger partial charge is 0.336 e. The zero-order chi connectivity index (χ0) is 20.7. The Morgan fingerprint density at radius 2 is 1.62 bits per heavy atom. The van der Waals surface area contributed by atoms with E-state index in [-0.39, 0.29) is 12.2 Å². The lowest BCUT2D eigenvalue weighted by molar-refractivity contribution is 0.106. The van der Waals surface area contributed by atoms with Crippen LogP contribution < -0.4 is 15.7 Å². The van der Waals surface area contributed by atoms with Gasteiger partial charge in [-0.05, 0) is 31.2 Å². The molecule has 0 fully saturated rings. The van der Waals surface area contributed by atoms with Crippen molar-refractivity contribution in [2.24, 2.45) is 0 Å². The summed E-state index contributed by atoms with van der Waals surface area (Å²) in [5.41, 5.74) is 0.106. The topological polar surface area (TPSA) is 71.7 Å². The maximum atomic E-state index is 11.3. The van der Waals surface area contributed by atoms with Crippen molar-refractivity contribution in [1.29, 1.82) is 0 Å². The lowest BCUT2D eigenvalue weighted by Crippen LogP contribution is -2.32. The number of aliphatic hydroxyl groups is 1. The molecule has 0 radical (unpaired) electrons. The summed E-state index contributed by atoms with van der Waals surface area (Å²) >= 11 is 0. The highest BCUT2D eigenvalue weighted by molar-refractivity contribution is 5.77. The maximum Gasteiger partial charge on any atom is 0.336 e. The van der Waals surface area contributed by atoms with Gasteiger partial charge in [-0.1, -0.05) is 64.7 Å². The number of rotatable bonds is 16. The number of aliphatic hydroxyl groups excluding tert-OH is 1. The number of hydrogen-bond donors (Lipinski definition) is 2. The molecule has 0 saturated carbocycles. The summed E-state index contributed by atoms with van der Waals surface area (Å²) in [6.07, 6.45) is 12.7. The summed E-state index contributed by atoms with van der Waals surface area (Å²) in [5.74, 6) is 0.584. The van der Waals surface area contributed by atoms with Crippen molar-refractivity contribution < 1.29 is 14.3 Å². The molecular formula is C24H37NO4. The molecule has 162 valence electrons. The maximum absolute atomic E-state index is 11.3. The molecule has 1 aromatic heterocycles. The highest BCUT2D eigenvalue weighted by Gasteiger charge is 2.06. The average molecular weight is 404 g/mol. The second-order valence-corrected chi connectivity index (χ2v) is 7.80. The van der Waals surface area contributed by atoms with Gasteiger partial charge in [-0.2, -0.15) is 0 Å². The summed E-state index contributed by atoms with van der Waals surface area (Å²) in [4.78, 5) is 11.3. The standard InChI is InChI=1S/C24H37NO4/c1-2-3-4-5-6-7-8-9-10-11-16-25-18-21(26)19-28-22-14-12-20-13-15-24(27)29-23(20)17-22/h12-15,17,21,25-26H,2-11,16,18-19H2,1H3/t21-/m0/s1. The van der Waals surface area contributed by atoms with E-state index in [0.29, 0.717) is 17.9 Å². The van der Waals surface area contributed by atoms with Crippen LogP contribution in [0, 0.1) is 0 Å². The molecule has 0 unspecified atom stereocenters. The first kappa shape index (κ1) is 23.4. The molecule has 1 heterocycles. The van der Waals surface area contributed by atoms with Crippen LogP contribution >= 0.6 is 0 Å². The minimum absolute atomic E-state index is 0.202. The fourth-order valence-electron chi connectivity index (χ4n) is 3.39. The minimum atomic E-state index is -0.573. The first-order chi connectivity index (χ1) is 14.2. The van der Waals surface area contributed by atoms with Gasteiger partial charge in [-0.25, -0.2) is 4.79 Å². The van der Waals surface area contributed by atoms with E-state index in [0.717, 1.165) is 18.4 Å². The molecule has 1 aromatic carbocycles. The summed E-state index contributed by atoms with van der Waals surface area (Å²) in [5, 5.41) is 14.2. The summed E-state index contributed by atoms with van der Waals surface area (Å²) in [6.45, 7) is 3.90. The Balaban J connectivity index is 1.48. The van der Waals surface area contributed by atoms with Gasteiger partial charge in [-0.3, -0.25) is 0 Å². The molecule has 2 N–H and O–H groups in total. The monoisotopic (exact) mass is 403 g/mol. The number of ether oxygens (including phenoxy) is 1. The molecule has 0 aliphatic carbocycles. The molecule has 2 rings (SSSR count). The zero-order valence-electron chi connectivity index (χ0n) is 17.8. The zero-order valence-corrected chi connectivity index (χ0v) is 17.8. The predicted molar refractivity (Wildman–Crippen MR) is 119 cm³/mol. The Morgan fingerprint density at radius 1 is 0.966 bits per heavy atom. The van der Waals surface area contributed by atoms with E-state index in [1.165, 1.54) is 63.9 Å². The highest BCUT2D eigenvalue weighted by Crippen LogP contribution is 2.19. The van der Waals surface area contributed by atoms with E-state index >= 15 is 0 Å². The van der Waals surface area contributed by atoms with E-state index in [1.807, 2.05) is 12.1 Å². The van der Waals surface area contributed by atoms with Crippen LogP contribution in [0.15, 0.2) is 39.5 Å². The minimum Gasteiger partial charge on any atom is -0.491 e. The Hall–Kier alpha value is -1.85. The van der Waals surface area contributed by atoms with Crippen molar-refractivity contribution in [3.8, 4) is 5.75 Å². The molecule has 1 atom stereocenters. The Bertz CT molecular complexity index is 743. The Labute approximate surface area is 174 Å². The van der Waals surface area contributed by atoms with E-state index in [4.69, 9.17) is 9.15 Å². The van der Waals surface area contributed by atoms with Crippen LogP contribution in [0.5, 0.6) is 5.75 Å². The molecule has 29 heavy (non-hydrogen) atoms. The van der Waals surface area contributed by atoms with E-state index in [2.05, 4.69) is 12.2 Å². The van der Waals surface area contributed by atoms with Crippen molar-refractivity contribution in [3.05, 3.63) is 40.8 Å². The van der Waals surface area contributed by atoms with Crippen LogP contribution in [0.25, 0.3) is 11.0 Å². The van der Waals surface area contributed by atoms with Crippen molar-refractivity contribution in [2.45, 2.75) is 77.2 Å². The molecule has 0 saturated heterocycles. The largest absolute Gasteiger partial charge is 0.491 e. The van der Waals surface area contributed by atoms with Crippen LogP contribution in [0.1, 0.15) is 71.1 Å². The van der Waals surface area contributed by atoms with Crippen LogP contribution in [0.4, 0.5) is 0 Å². The molecule has 0 aliphatic rings. The molecule has 5 nitrogen and oxygen atoms in total. The molecule has 5 heteroatoms. The first-order valence-corrected chi connectivity index (χ1v) is 11.2. The quantitative estimate of drug-likeness (QED) is 0.303. The normalized spacial score (nSPS) is 12.3. The van der Waals surface area contributed by atoms with E-state index < -0.39 is 6.10 Å². The number of hydrogen-bond acceptors (Lipinski definition) is 5. The summed E-state index contributed by atoms with van der Waals surface area (Å²) in [7, 11) is 0. The van der Waals surface area contributed by atoms with Crippen LogP contribution in [-0.2, 0) is 0 Å². The molecule has 0 bridgehead atoms. The first-order valence-electron chi connectivity index (χ1n) is 11.2. The lowest BCUT2D eigenvalue weighted by atomic mass is 10.1. The second kappa shape index (κ2) is 14.2. The number of nitrogens with one attached hydrogen (secondary N) is 1. The van der Waals surface area contributed by atoms with Crippen molar-refractivity contribution in [3.63, 3.8) is 0 Å². The fraction of sp³-hybridized carbons (Fsp3) is 0.625. The Morgan fingerprint density at radius 3 is 2.34 bits per heavy atom. The van der Waals surface area contributed by atoms with Crippen molar-refractivity contribution in [2.75, 3.05) is 19.7 Å². The van der Waals surface area contributed by atoms with Crippen molar-refractivity contribution >= 4 is 11.0 Å². The summed E-state index contributed by atoms with van der Waals surface area (Å²) < 4.78 is 10.8. The molecule has 0 aliphatic heterocycles. The van der Waals surface area contributed by atoms with Gasteiger partial charge in [-0.15, -0.1) is 0 Å². The molecular weight excluding hydrogens is 366 g/mol. The van der Waals surface area contributed by atoms with Crippen LogP contribution in [0.3, 0.4) is 0 Å². The van der Waals surface area contributed by atoms with Gasteiger partial charge in [0.05, 0.1) is 0 Å². The second-order valence-electron chi connectivity index (χ2n) is 7.80. The van der Waals surface area contributed by atoms with E-state index in [9.17, 15) is 9.90 Å². The molecule has 2 aromatic rings. The van der Waals surface area contributed by atoms with Crippen molar-refractivity contribution in [1.82, 2.24) is 5.32 Å². The molecule has 0 spiro atoms. The van der Waals surface area contributed by atoms with Gasteiger partial charge in [0.15, 0.2) is 0 Å². The van der Waals surface area contributed by atoms with Gasteiger partial charge in [0.2, 0.25) is 0 Å². The highest BCUT2D eigenvalue weighted by atomic mass is 16.5. The average Bonchev–Trinajstić information content (AvgIpc) is 2.72. The van der Waals surface area contributed by atoms with Crippen LogP contribution in [0.2, 0.25) is 0 Å². The third kappa shape index (κ3) is 9.95. The SMILES string of the molecule is CCCCCCCCCCCCNC[C@H](O)COc1ccc2ccc(=O)oc2c1. The van der Waals surface area contributed by atoms with Gasteiger partial charge < -0.3 is 19.6 Å². The Kier molecular flexibility index (Phi) is 11.5. The lowest BCUT2D eigenvalue weighted by Gasteiger charge is -2.13. The number of unbranched alkanes of at least 4 members (excludes halogenated alkanes) is 9. The third-order valence-corrected chi connectivity index (χ3v) is 5.12. The van der Waals surface area contributed by atoms with Gasteiger partial charge in [0.1, 0.15) is 24.0 Å². The number of benzene rings is 1. The fourth-order valence-corrected chi connectivity index (χ4v) is 3.39. The summed E-state index contributed by atoms with van der Waals surface area (Å²) in [6, 6.07) is 8.45. The van der Waals surface area contributed by atoms with Crippen LogP contribution in [-0.4, -0.2) is 30.9 Å². The van der Waals surface area contributed by atoms with E-state index in [1.54, 1.807) is 12.1 Å². The number of fused-ring (bicyclic) bond motifs is 1. The van der Waals surface area contributed by atoms with Gasteiger partial charge in [0, 0.05) is 24.1 Å². The van der Waals surface area contributed by atoms with Gasteiger partial charge >= 0.3 is 5.63 Å².